The molecule has 0 bridgehead atoms. The highest BCUT2D eigenvalue weighted by atomic mass is 32.2. The van der Waals surface area contributed by atoms with E-state index in [1.54, 1.807) is 20.9 Å². The summed E-state index contributed by atoms with van der Waals surface area (Å²) < 4.78 is 0. The molecule has 37 heavy (non-hydrogen) atoms. The summed E-state index contributed by atoms with van der Waals surface area (Å²) in [6.45, 7) is 4.60. The fraction of sp³-hybridized carbons (Fsp3) is 0.818. The quantitative estimate of drug-likeness (QED) is 0.0567. The van der Waals surface area contributed by atoms with E-state index in [9.17, 15) is 19.2 Å². The van der Waals surface area contributed by atoms with Crippen LogP contribution in [0.2, 0.25) is 0 Å². The van der Waals surface area contributed by atoms with Crippen LogP contribution in [0.5, 0.6) is 0 Å². The molecule has 11 nitrogen and oxygen atoms in total. The molecule has 0 aromatic heterocycles. The largest absolute Gasteiger partial charge is 0.396 e. The Morgan fingerprint density at radius 1 is 0.757 bits per heavy atom. The summed E-state index contributed by atoms with van der Waals surface area (Å²) in [6.07, 6.45) is 0. The van der Waals surface area contributed by atoms with Crippen molar-refractivity contribution in [3.05, 3.63) is 0 Å². The predicted molar refractivity (Wildman–Crippen MR) is 156 cm³/mol. The van der Waals surface area contributed by atoms with Crippen LogP contribution in [-0.2, 0) is 19.2 Å². The summed E-state index contributed by atoms with van der Waals surface area (Å²) >= 11 is 8.17. The van der Waals surface area contributed by atoms with Crippen LogP contribution < -0.4 is 21.3 Å². The minimum Gasteiger partial charge on any atom is -0.396 e. The summed E-state index contributed by atoms with van der Waals surface area (Å²) in [6, 6.07) is -3.51. The zero-order valence-electron chi connectivity index (χ0n) is 21.8. The molecular weight excluding hydrogens is 561 g/mol. The predicted octanol–water partition coefficient (Wildman–Crippen LogP) is -1.50. The SMILES string of the molecule is CNC(C(=O)NC(CSCCO)C(=O)NC(CSCCO)C(=O)NC(C(C)=O)C(C)SCCO)C(C)S. The molecule has 7 N–H and O–H groups in total. The number of aliphatic hydroxyl groups is 3. The molecule has 0 saturated carbocycles. The molecule has 3 amide bonds. The molecule has 0 spiro atoms. The molecule has 216 valence electrons. The van der Waals surface area contributed by atoms with E-state index in [2.05, 4.69) is 33.9 Å². The molecule has 6 atom stereocenters. The number of Topliss-reactive ketones (excluding diaryl/α,β-unsaturated/α-hetero) is 1. The van der Waals surface area contributed by atoms with Gasteiger partial charge in [0.05, 0.1) is 31.9 Å². The molecule has 15 heteroatoms. The van der Waals surface area contributed by atoms with Crippen molar-refractivity contribution < 1.29 is 34.5 Å². The maximum absolute atomic E-state index is 13.2. The molecule has 0 saturated heterocycles. The Labute approximate surface area is 237 Å². The highest BCUT2D eigenvalue weighted by Crippen LogP contribution is 2.15. The monoisotopic (exact) mass is 602 g/mol. The van der Waals surface area contributed by atoms with Crippen molar-refractivity contribution in [1.82, 2.24) is 21.3 Å². The van der Waals surface area contributed by atoms with Gasteiger partial charge in [-0.2, -0.15) is 47.9 Å². The molecular formula is C22H42N4O7S4. The third kappa shape index (κ3) is 14.9. The van der Waals surface area contributed by atoms with Gasteiger partial charge in [-0.3, -0.25) is 19.2 Å². The van der Waals surface area contributed by atoms with E-state index < -0.39 is 41.9 Å². The number of rotatable bonds is 21. The molecule has 0 rings (SSSR count). The Morgan fingerprint density at radius 2 is 1.22 bits per heavy atom. The van der Waals surface area contributed by atoms with E-state index in [0.29, 0.717) is 17.3 Å². The third-order valence-corrected chi connectivity index (χ3v) is 8.65. The highest BCUT2D eigenvalue weighted by Gasteiger charge is 2.32. The summed E-state index contributed by atoms with van der Waals surface area (Å²) in [5, 5.41) is 37.6. The van der Waals surface area contributed by atoms with Crippen molar-refractivity contribution in [3.63, 3.8) is 0 Å². The molecule has 0 aromatic rings. The van der Waals surface area contributed by atoms with Crippen molar-refractivity contribution in [2.24, 2.45) is 0 Å². The lowest BCUT2D eigenvalue weighted by Gasteiger charge is -2.27. The van der Waals surface area contributed by atoms with Gasteiger partial charge in [0.1, 0.15) is 12.1 Å². The van der Waals surface area contributed by atoms with Gasteiger partial charge in [0, 0.05) is 39.3 Å². The van der Waals surface area contributed by atoms with Crippen LogP contribution in [0.25, 0.3) is 0 Å². The van der Waals surface area contributed by atoms with E-state index in [-0.39, 0.29) is 47.6 Å². The Balaban J connectivity index is 5.67. The van der Waals surface area contributed by atoms with Gasteiger partial charge in [0.2, 0.25) is 17.7 Å². The lowest BCUT2D eigenvalue weighted by Crippen LogP contribution is -2.59. The zero-order valence-corrected chi connectivity index (χ0v) is 25.1. The Bertz CT molecular complexity index is 706. The summed E-state index contributed by atoms with van der Waals surface area (Å²) in [7, 11) is 1.61. The van der Waals surface area contributed by atoms with Crippen LogP contribution in [0.4, 0.5) is 0 Å². The second kappa shape index (κ2) is 21.2. The number of ketones is 1. The zero-order chi connectivity index (χ0) is 28.4. The minimum absolute atomic E-state index is 0.0636. The number of amides is 3. The van der Waals surface area contributed by atoms with Crippen LogP contribution in [0.3, 0.4) is 0 Å². The molecule has 0 heterocycles. The average molecular weight is 603 g/mol. The van der Waals surface area contributed by atoms with Gasteiger partial charge >= 0.3 is 0 Å². The number of carbonyl (C=O) groups is 4. The lowest BCUT2D eigenvalue weighted by molar-refractivity contribution is -0.132. The number of likely N-dealkylation sites (N-methyl/N-ethyl adjacent to an activating group) is 1. The van der Waals surface area contributed by atoms with Gasteiger partial charge in [-0.1, -0.05) is 13.8 Å². The summed E-state index contributed by atoms with van der Waals surface area (Å²) in [5.74, 6) is -0.448. The van der Waals surface area contributed by atoms with Crippen LogP contribution >= 0.6 is 47.9 Å². The summed E-state index contributed by atoms with van der Waals surface area (Å²) in [5.41, 5.74) is 0. The van der Waals surface area contributed by atoms with Gasteiger partial charge in [-0.15, -0.1) is 0 Å². The second-order valence-corrected chi connectivity index (χ2v) is 12.7. The van der Waals surface area contributed by atoms with E-state index in [1.165, 1.54) is 42.2 Å². The fourth-order valence-electron chi connectivity index (χ4n) is 3.16. The van der Waals surface area contributed by atoms with Crippen LogP contribution in [-0.4, -0.2) is 129 Å². The van der Waals surface area contributed by atoms with Gasteiger partial charge in [-0.05, 0) is 14.0 Å². The topological polar surface area (TPSA) is 177 Å². The normalized spacial score (nSPS) is 16.1. The highest BCUT2D eigenvalue weighted by molar-refractivity contribution is 8.00. The third-order valence-electron chi connectivity index (χ3n) is 5.06. The van der Waals surface area contributed by atoms with Gasteiger partial charge < -0.3 is 36.6 Å². The number of thioether (sulfide) groups is 3. The van der Waals surface area contributed by atoms with E-state index in [0.717, 1.165) is 0 Å². The van der Waals surface area contributed by atoms with Crippen molar-refractivity contribution in [1.29, 1.82) is 0 Å². The Kier molecular flexibility index (Phi) is 20.8. The lowest BCUT2D eigenvalue weighted by atomic mass is 10.1. The molecule has 0 radical (unpaired) electrons. The molecule has 0 aliphatic rings. The second-order valence-electron chi connectivity index (χ2n) is 8.12. The maximum Gasteiger partial charge on any atom is 0.244 e. The Hall–Kier alpha value is -0.680. The van der Waals surface area contributed by atoms with Crippen LogP contribution in [0.1, 0.15) is 20.8 Å². The van der Waals surface area contributed by atoms with E-state index in [4.69, 9.17) is 15.3 Å². The number of nitrogens with one attached hydrogen (secondary N) is 4. The molecule has 0 fully saturated rings. The molecule has 0 aliphatic carbocycles. The minimum atomic E-state index is -1.04. The first kappa shape index (κ1) is 36.3. The Morgan fingerprint density at radius 3 is 1.62 bits per heavy atom. The van der Waals surface area contributed by atoms with Gasteiger partial charge in [0.25, 0.3) is 0 Å². The molecule has 6 unspecified atom stereocenters. The van der Waals surface area contributed by atoms with Crippen molar-refractivity contribution >= 4 is 71.4 Å². The first-order valence-electron chi connectivity index (χ1n) is 11.9. The van der Waals surface area contributed by atoms with Gasteiger partial charge in [-0.25, -0.2) is 0 Å². The van der Waals surface area contributed by atoms with Crippen molar-refractivity contribution in [2.45, 2.75) is 55.4 Å². The first-order valence-corrected chi connectivity index (χ1v) is 15.8. The molecule has 0 aromatic carbocycles. The number of thiol groups is 1. The van der Waals surface area contributed by atoms with Crippen LogP contribution in [0, 0.1) is 0 Å². The first-order chi connectivity index (χ1) is 17.5. The average Bonchev–Trinajstić information content (AvgIpc) is 2.84. The molecule has 0 aliphatic heterocycles. The number of hydrogen-bond acceptors (Lipinski definition) is 12. The van der Waals surface area contributed by atoms with E-state index >= 15 is 0 Å². The number of aliphatic hydroxyl groups excluding tert-OH is 3. The summed E-state index contributed by atoms with van der Waals surface area (Å²) in [4.78, 5) is 51.3. The number of hydrogen-bond donors (Lipinski definition) is 8. The van der Waals surface area contributed by atoms with Crippen LogP contribution in [0.15, 0.2) is 0 Å². The maximum atomic E-state index is 13.2. The van der Waals surface area contributed by atoms with E-state index in [1.807, 2.05) is 0 Å². The van der Waals surface area contributed by atoms with Crippen molar-refractivity contribution in [2.75, 3.05) is 55.6 Å². The standard InChI is InChI=1S/C22H42N4O7S4/c1-13(30)18(15(3)37-10-7-29)26-21(32)17(12-36-9-6-28)24-20(31)16(11-35-8-5-27)25-22(33)19(23-4)14(2)34/h14-19,23,27-29,34H,5-12H2,1-4H3,(H,24,31)(H,25,33)(H,26,32). The number of carbonyl (C=O) groups excluding carboxylic acids is 4. The van der Waals surface area contributed by atoms with Crippen molar-refractivity contribution in [3.8, 4) is 0 Å². The smallest absolute Gasteiger partial charge is 0.244 e. The van der Waals surface area contributed by atoms with Gasteiger partial charge in [0.15, 0.2) is 5.78 Å². The fourth-order valence-corrected chi connectivity index (χ4v) is 5.91.